The fourth-order valence-corrected chi connectivity index (χ4v) is 9.20. The van der Waals surface area contributed by atoms with Crippen LogP contribution in [0.1, 0.15) is 81.5 Å². The highest BCUT2D eigenvalue weighted by atomic mass is 32.2. The third-order valence-electron chi connectivity index (χ3n) is 10.8. The fourth-order valence-electron chi connectivity index (χ4n) is 7.72. The smallest absolute Gasteiger partial charge is 0.408 e. The quantitative estimate of drug-likeness (QED) is 0.0451. The number of likely N-dealkylation sites (tertiary alicyclic amines) is 1. The monoisotopic (exact) mass is 876 g/mol. The predicted molar refractivity (Wildman–Crippen MR) is 231 cm³/mol. The lowest BCUT2D eigenvalue weighted by molar-refractivity contribution is -0.147. The van der Waals surface area contributed by atoms with Gasteiger partial charge in [-0.15, -0.1) is 0 Å². The molecule has 1 saturated heterocycles. The molecule has 0 aromatic heterocycles. The van der Waals surface area contributed by atoms with E-state index in [2.05, 4.69) is 20.0 Å². The van der Waals surface area contributed by atoms with Gasteiger partial charge >= 0.3 is 18.0 Å². The van der Waals surface area contributed by atoms with Crippen molar-refractivity contribution in [1.29, 1.82) is 0 Å². The van der Waals surface area contributed by atoms with Crippen molar-refractivity contribution in [2.24, 2.45) is 15.7 Å². The Hall–Kier alpha value is -6.04. The number of amides is 2. The van der Waals surface area contributed by atoms with E-state index in [1.807, 2.05) is 42.5 Å². The molecule has 3 atom stereocenters. The number of hydrogen-bond donors (Lipinski definition) is 3. The molecule has 5 rings (SSSR count). The maximum Gasteiger partial charge on any atom is 0.408 e. The second kappa shape index (κ2) is 19.3. The summed E-state index contributed by atoms with van der Waals surface area (Å²) in [6, 6.07) is 13.2. The number of aliphatic imine (C=N–C) groups is 2. The highest BCUT2D eigenvalue weighted by molar-refractivity contribution is 7.90. The number of esters is 2. The zero-order chi connectivity index (χ0) is 45.6. The minimum atomic E-state index is -4.17. The predicted octanol–water partition coefficient (Wildman–Crippen LogP) is 4.49. The number of Topliss-reactive ketones (excluding diaryl/α,β-unsaturated/α-hetero) is 1. The molecule has 0 spiro atoms. The molecule has 2 amide bonds. The molecule has 1 fully saturated rings. The van der Waals surface area contributed by atoms with E-state index in [0.29, 0.717) is 35.3 Å². The number of nitrogens with zero attached hydrogens (tertiary/aromatic N) is 3. The number of carbonyl (C=O) groups excluding carboxylic acids is 5. The van der Waals surface area contributed by atoms with E-state index in [9.17, 15) is 32.4 Å². The molecule has 17 nitrogen and oxygen atoms in total. The van der Waals surface area contributed by atoms with E-state index in [0.717, 1.165) is 16.3 Å². The minimum absolute atomic E-state index is 0.0128. The molecule has 4 N–H and O–H groups in total. The lowest BCUT2D eigenvalue weighted by atomic mass is 9.87. The lowest BCUT2D eigenvalue weighted by Crippen LogP contribution is -2.53. The number of ether oxygens (including phenoxy) is 4. The minimum Gasteiger partial charge on any atom is -0.496 e. The van der Waals surface area contributed by atoms with Crippen LogP contribution in [0.4, 0.5) is 4.79 Å². The number of methoxy groups -OCH3 is 2. The Morgan fingerprint density at radius 2 is 1.74 bits per heavy atom. The largest absolute Gasteiger partial charge is 0.496 e. The van der Waals surface area contributed by atoms with E-state index < -0.39 is 75.3 Å². The molecular weight excluding hydrogens is 821 g/mol. The van der Waals surface area contributed by atoms with Crippen molar-refractivity contribution in [3.05, 3.63) is 70.8 Å². The number of ketones is 1. The molecule has 18 heteroatoms. The summed E-state index contributed by atoms with van der Waals surface area (Å²) < 4.78 is 50.4. The SMILES string of the molecule is COC(=O)CCC(=O)C1(CCCN=C(N)NS(=O)(=O)c2c(C)cc(OC)c(C)c2C)N=C([C@@H]2CCCN2C(=O)C(Cc2ccc3ccccc3c2)NC(=O)OC(C)(C)C)OC1=O. The van der Waals surface area contributed by atoms with Gasteiger partial charge in [0.05, 0.1) is 25.5 Å². The van der Waals surface area contributed by atoms with Crippen molar-refractivity contribution < 1.29 is 51.3 Å². The Labute approximate surface area is 361 Å². The van der Waals surface area contributed by atoms with Crippen molar-refractivity contribution in [1.82, 2.24) is 14.9 Å². The van der Waals surface area contributed by atoms with Gasteiger partial charge in [-0.25, -0.2) is 27.7 Å². The van der Waals surface area contributed by atoms with Crippen LogP contribution in [0.5, 0.6) is 5.75 Å². The van der Waals surface area contributed by atoms with Crippen molar-refractivity contribution in [2.45, 2.75) is 115 Å². The number of benzene rings is 3. The summed E-state index contributed by atoms with van der Waals surface area (Å²) in [4.78, 5) is 77.7. The summed E-state index contributed by atoms with van der Waals surface area (Å²) in [6.45, 7) is 10.3. The van der Waals surface area contributed by atoms with Crippen LogP contribution in [-0.2, 0) is 49.8 Å². The van der Waals surface area contributed by atoms with E-state index in [1.165, 1.54) is 19.1 Å². The molecule has 0 aliphatic carbocycles. The topological polar surface area (TPSA) is 234 Å². The first kappa shape index (κ1) is 47.0. The normalized spacial score (nSPS) is 18.5. The summed E-state index contributed by atoms with van der Waals surface area (Å²) >= 11 is 0. The maximum absolute atomic E-state index is 14.5. The number of aryl methyl sites for hydroxylation is 1. The number of hydrogen-bond acceptors (Lipinski definition) is 13. The summed E-state index contributed by atoms with van der Waals surface area (Å²) in [5, 5.41) is 4.71. The number of carbonyl (C=O) groups is 5. The zero-order valence-electron chi connectivity index (χ0n) is 36.5. The highest BCUT2D eigenvalue weighted by Gasteiger charge is 2.54. The van der Waals surface area contributed by atoms with Gasteiger partial charge in [0.25, 0.3) is 10.0 Å². The summed E-state index contributed by atoms with van der Waals surface area (Å²) in [6.07, 6.45) is -0.773. The van der Waals surface area contributed by atoms with Gasteiger partial charge in [0.2, 0.25) is 23.3 Å². The molecule has 334 valence electrons. The molecular formula is C44H56N6O11S. The fraction of sp³-hybridized carbons (Fsp3) is 0.477. The van der Waals surface area contributed by atoms with E-state index in [-0.39, 0.29) is 49.6 Å². The van der Waals surface area contributed by atoms with E-state index in [1.54, 1.807) is 47.6 Å². The third kappa shape index (κ3) is 10.9. The van der Waals surface area contributed by atoms with Gasteiger partial charge < -0.3 is 34.9 Å². The van der Waals surface area contributed by atoms with Gasteiger partial charge in [0.15, 0.2) is 5.78 Å². The van der Waals surface area contributed by atoms with Crippen LogP contribution in [0.25, 0.3) is 10.8 Å². The zero-order valence-corrected chi connectivity index (χ0v) is 37.3. The first-order valence-electron chi connectivity index (χ1n) is 20.4. The van der Waals surface area contributed by atoms with Crippen LogP contribution < -0.4 is 20.5 Å². The summed E-state index contributed by atoms with van der Waals surface area (Å²) in [5.74, 6) is -2.87. The molecule has 3 aromatic rings. The van der Waals surface area contributed by atoms with Gasteiger partial charge in [0, 0.05) is 25.9 Å². The summed E-state index contributed by atoms with van der Waals surface area (Å²) in [7, 11) is -1.50. The number of sulfonamides is 1. The second-order valence-electron chi connectivity index (χ2n) is 16.4. The molecule has 0 saturated carbocycles. The first-order valence-corrected chi connectivity index (χ1v) is 21.8. The number of nitrogens with two attached hydrogens (primary N) is 1. The molecule has 2 aliphatic rings. The van der Waals surface area contributed by atoms with Crippen LogP contribution in [0.2, 0.25) is 0 Å². The third-order valence-corrected chi connectivity index (χ3v) is 12.5. The molecule has 3 aromatic carbocycles. The van der Waals surface area contributed by atoms with Gasteiger partial charge in [-0.1, -0.05) is 42.5 Å². The van der Waals surface area contributed by atoms with Crippen LogP contribution >= 0.6 is 0 Å². The Bertz CT molecular complexity index is 2410. The van der Waals surface area contributed by atoms with Crippen LogP contribution in [0.3, 0.4) is 0 Å². The van der Waals surface area contributed by atoms with E-state index in [4.69, 9.17) is 24.7 Å². The Morgan fingerprint density at radius 1 is 1.03 bits per heavy atom. The maximum atomic E-state index is 14.5. The van der Waals surface area contributed by atoms with Crippen molar-refractivity contribution in [2.75, 3.05) is 27.3 Å². The second-order valence-corrected chi connectivity index (χ2v) is 18.0. The average molecular weight is 877 g/mol. The van der Waals surface area contributed by atoms with E-state index >= 15 is 0 Å². The average Bonchev–Trinajstić information content (AvgIpc) is 3.83. The van der Waals surface area contributed by atoms with Crippen molar-refractivity contribution in [3.8, 4) is 5.75 Å². The standard InChI is InChI=1S/C44H56N6O11S/c1-26-23-34(58-7)27(2)28(3)37(26)62(56,57)49-41(45)46-21-12-20-44(35(51)18-19-36(52)59-8)40(54)60-38(48-44)33-15-11-22-50(33)39(53)32(47-42(55)61-43(4,5)6)25-29-16-17-30-13-9-10-14-31(30)24-29/h9-10,13-14,16-17,23-24,32-33H,11-12,15,18-22,25H2,1-8H3,(H,47,55)(H3,45,46,49)/t32?,33-,44?/m0/s1. The number of alkyl carbamates (subject to hydrolysis) is 1. The van der Waals surface area contributed by atoms with Gasteiger partial charge in [-0.3, -0.25) is 19.4 Å². The molecule has 2 aliphatic heterocycles. The number of guanidine groups is 1. The number of rotatable bonds is 16. The Morgan fingerprint density at radius 3 is 2.42 bits per heavy atom. The molecule has 0 radical (unpaired) electrons. The van der Waals surface area contributed by atoms with Crippen molar-refractivity contribution in [3.63, 3.8) is 0 Å². The molecule has 0 bridgehead atoms. The lowest BCUT2D eigenvalue weighted by Gasteiger charge is -2.29. The molecule has 2 unspecified atom stereocenters. The van der Waals surface area contributed by atoms with Crippen LogP contribution in [0, 0.1) is 20.8 Å². The van der Waals surface area contributed by atoms with Gasteiger partial charge in [-0.05, 0) is 106 Å². The number of nitrogens with one attached hydrogen (secondary N) is 2. The molecule has 62 heavy (non-hydrogen) atoms. The summed E-state index contributed by atoms with van der Waals surface area (Å²) in [5.41, 5.74) is 5.44. The highest BCUT2D eigenvalue weighted by Crippen LogP contribution is 2.34. The molecule has 2 heterocycles. The van der Waals surface area contributed by atoms with Gasteiger partial charge in [-0.2, -0.15) is 0 Å². The van der Waals surface area contributed by atoms with Crippen LogP contribution in [0.15, 0.2) is 63.4 Å². The Balaban J connectivity index is 1.38. The van der Waals surface area contributed by atoms with Crippen LogP contribution in [-0.4, -0.2) is 105 Å². The Kier molecular flexibility index (Phi) is 14.7. The number of cyclic esters (lactones) is 1. The first-order chi connectivity index (χ1) is 29.2. The van der Waals surface area contributed by atoms with Crippen molar-refractivity contribution >= 4 is 62.4 Å². The van der Waals surface area contributed by atoms with Gasteiger partial charge in [0.1, 0.15) is 23.4 Å². The number of fused-ring (bicyclic) bond motifs is 1.